The summed E-state index contributed by atoms with van der Waals surface area (Å²) in [6, 6.07) is -1.56. The lowest BCUT2D eigenvalue weighted by Gasteiger charge is -2.50. The van der Waals surface area contributed by atoms with E-state index in [0.29, 0.717) is 0 Å². The van der Waals surface area contributed by atoms with Crippen LogP contribution >= 0.6 is 0 Å². The van der Waals surface area contributed by atoms with Crippen molar-refractivity contribution in [1.29, 1.82) is 0 Å². The molecule has 0 radical (unpaired) electrons. The van der Waals surface area contributed by atoms with Gasteiger partial charge in [-0.3, -0.25) is 9.59 Å². The Morgan fingerprint density at radius 1 is 0.913 bits per heavy atom. The number of esters is 1. The van der Waals surface area contributed by atoms with E-state index < -0.39 is 142 Å². The van der Waals surface area contributed by atoms with Crippen molar-refractivity contribution in [1.82, 2.24) is 5.32 Å². The molecule has 3 aliphatic rings. The van der Waals surface area contributed by atoms with Crippen LogP contribution in [0.4, 0.5) is 0 Å². The van der Waals surface area contributed by atoms with Crippen molar-refractivity contribution in [2.24, 2.45) is 0 Å². The zero-order valence-corrected chi connectivity index (χ0v) is 24.6. The summed E-state index contributed by atoms with van der Waals surface area (Å²) >= 11 is 0. The SMILES string of the molecule is CC(=O)N[C@H]1[C@H]([C@H](O)[C@H](O)CO)O[C@@](O[C@H]2[C@@H](O)[C@@H](COC(C)=O)O[C@@H](O[C@H]3[C@H](O)[C@@H](O)[C@H](O)O[C@@H]3CO)[C@@H]2O)(C(=O)O)C[C@@H]1O. The molecule has 0 unspecified atom stereocenters. The van der Waals surface area contributed by atoms with Gasteiger partial charge in [0.25, 0.3) is 5.79 Å². The zero-order valence-electron chi connectivity index (χ0n) is 24.6. The average Bonchev–Trinajstić information content (AvgIpc) is 2.99. The van der Waals surface area contributed by atoms with E-state index >= 15 is 0 Å². The second-order valence-electron chi connectivity index (χ2n) is 11.1. The van der Waals surface area contributed by atoms with E-state index in [1.54, 1.807) is 0 Å². The van der Waals surface area contributed by atoms with Crippen LogP contribution in [0.3, 0.4) is 0 Å². The summed E-state index contributed by atoms with van der Waals surface area (Å²) < 4.78 is 32.1. The third-order valence-electron chi connectivity index (χ3n) is 7.74. The van der Waals surface area contributed by atoms with Crippen LogP contribution in [0.15, 0.2) is 0 Å². The van der Waals surface area contributed by atoms with Crippen molar-refractivity contribution >= 4 is 17.8 Å². The van der Waals surface area contributed by atoms with E-state index in [1.807, 2.05) is 0 Å². The Hall–Kier alpha value is -2.19. The highest BCUT2D eigenvalue weighted by atomic mass is 16.8. The maximum Gasteiger partial charge on any atom is 0.364 e. The fourth-order valence-corrected chi connectivity index (χ4v) is 5.35. The molecule has 46 heavy (non-hydrogen) atoms. The number of rotatable bonds is 12. The second kappa shape index (κ2) is 15.8. The van der Waals surface area contributed by atoms with Crippen molar-refractivity contribution in [3.05, 3.63) is 0 Å². The Kier molecular flexibility index (Phi) is 13.1. The maximum absolute atomic E-state index is 12.7. The predicted octanol–water partition coefficient (Wildman–Crippen LogP) is -7.65. The molecule has 0 bridgehead atoms. The topological polar surface area (TPSA) is 341 Å². The van der Waals surface area contributed by atoms with Gasteiger partial charge in [-0.25, -0.2) is 4.79 Å². The van der Waals surface area contributed by atoms with Gasteiger partial charge in [-0.05, 0) is 0 Å². The first-order chi connectivity index (χ1) is 21.5. The molecule has 3 rings (SSSR count). The highest BCUT2D eigenvalue weighted by Crippen LogP contribution is 2.38. The molecule has 0 aliphatic carbocycles. The lowest BCUT2D eigenvalue weighted by atomic mass is 9.88. The number of carbonyl (C=O) groups is 3. The fraction of sp³-hybridized carbons (Fsp3) is 0.880. The van der Waals surface area contributed by atoms with Crippen molar-refractivity contribution in [3.8, 4) is 0 Å². The molecule has 0 aromatic rings. The van der Waals surface area contributed by atoms with Gasteiger partial charge >= 0.3 is 11.9 Å². The molecule has 0 spiro atoms. The van der Waals surface area contributed by atoms with Gasteiger partial charge in [-0.1, -0.05) is 0 Å². The normalized spacial score (nSPS) is 42.9. The van der Waals surface area contributed by atoms with E-state index in [1.165, 1.54) is 0 Å². The molecule has 3 fully saturated rings. The Labute approximate surface area is 260 Å². The molecule has 12 N–H and O–H groups in total. The summed E-state index contributed by atoms with van der Waals surface area (Å²) in [6.45, 7) is -0.650. The minimum Gasteiger partial charge on any atom is -0.477 e. The number of hydrogen-bond donors (Lipinski definition) is 12. The number of aliphatic hydroxyl groups is 10. The average molecular weight is 676 g/mol. The quantitative estimate of drug-likeness (QED) is 0.0854. The number of aliphatic carboxylic acids is 1. The van der Waals surface area contributed by atoms with Gasteiger partial charge in [0.05, 0.1) is 25.4 Å². The number of hydrogen-bond acceptors (Lipinski definition) is 19. The number of ether oxygens (including phenoxy) is 6. The first kappa shape index (κ1) is 38.3. The first-order valence-corrected chi connectivity index (χ1v) is 14.1. The first-order valence-electron chi connectivity index (χ1n) is 14.1. The fourth-order valence-electron chi connectivity index (χ4n) is 5.35. The number of amides is 1. The molecule has 21 nitrogen and oxygen atoms in total. The zero-order chi connectivity index (χ0) is 34.7. The van der Waals surface area contributed by atoms with E-state index in [2.05, 4.69) is 5.32 Å². The summed E-state index contributed by atoms with van der Waals surface area (Å²) in [5.74, 6) is -6.66. The Morgan fingerprint density at radius 2 is 1.57 bits per heavy atom. The van der Waals surface area contributed by atoms with Gasteiger partial charge in [-0.15, -0.1) is 0 Å². The van der Waals surface area contributed by atoms with Crippen molar-refractivity contribution in [3.63, 3.8) is 0 Å². The number of nitrogens with one attached hydrogen (secondary N) is 1. The molecule has 21 heteroatoms. The highest BCUT2D eigenvalue weighted by molar-refractivity contribution is 5.76. The number of carbonyl (C=O) groups excluding carboxylic acids is 2. The van der Waals surface area contributed by atoms with Gasteiger partial charge < -0.3 is 89.9 Å². The van der Waals surface area contributed by atoms with Crippen LogP contribution < -0.4 is 5.32 Å². The monoisotopic (exact) mass is 675 g/mol. The molecule has 3 aliphatic heterocycles. The van der Waals surface area contributed by atoms with Gasteiger partial charge in [0, 0.05) is 20.3 Å². The van der Waals surface area contributed by atoms with Crippen LogP contribution in [0.1, 0.15) is 20.3 Å². The number of aliphatic hydroxyl groups excluding tert-OH is 10. The third kappa shape index (κ3) is 8.26. The minimum absolute atomic E-state index is 0.740. The smallest absolute Gasteiger partial charge is 0.364 e. The van der Waals surface area contributed by atoms with Crippen molar-refractivity contribution < 1.29 is 99.0 Å². The van der Waals surface area contributed by atoms with Gasteiger partial charge in [0.2, 0.25) is 5.91 Å². The van der Waals surface area contributed by atoms with Gasteiger partial charge in [-0.2, -0.15) is 0 Å². The molecule has 0 aromatic carbocycles. The largest absolute Gasteiger partial charge is 0.477 e. The van der Waals surface area contributed by atoms with Crippen LogP contribution in [0.2, 0.25) is 0 Å². The van der Waals surface area contributed by atoms with Crippen molar-refractivity contribution in [2.75, 3.05) is 19.8 Å². The molecule has 3 saturated heterocycles. The Balaban J connectivity index is 2.00. The summed E-state index contributed by atoms with van der Waals surface area (Å²) in [5.41, 5.74) is 0. The standard InChI is InChI=1S/C25H41NO20/c1-7(29)26-13-9(31)3-25(24(39)40,45-20(13)14(33)10(32)4-27)46-21-15(34)12(6-41-8(2)30)43-23(18(21)37)44-19-11(5-28)42-22(38)17(36)16(19)35/h9-23,27-28,31-38H,3-6H2,1-2H3,(H,26,29)(H,39,40)/t9-,10+,11+,12+,13+,14+,15-,16+,17+,18+,19+,20+,21-,22+,23-,25-/m0/s1. The third-order valence-corrected chi connectivity index (χ3v) is 7.74. The minimum atomic E-state index is -3.06. The molecule has 16 atom stereocenters. The summed E-state index contributed by atoms with van der Waals surface area (Å²) in [6.07, 6.45) is -28.2. The molecule has 0 aromatic heterocycles. The maximum atomic E-state index is 12.7. The lowest BCUT2D eigenvalue weighted by molar-refractivity contribution is -0.385. The van der Waals surface area contributed by atoms with Crippen LogP contribution in [-0.2, 0) is 42.8 Å². The highest BCUT2D eigenvalue weighted by Gasteiger charge is 2.60. The van der Waals surface area contributed by atoms with E-state index in [0.717, 1.165) is 13.8 Å². The second-order valence-corrected chi connectivity index (χ2v) is 11.1. The van der Waals surface area contributed by atoms with E-state index in [-0.39, 0.29) is 0 Å². The van der Waals surface area contributed by atoms with Crippen molar-refractivity contribution in [2.45, 2.75) is 118 Å². The van der Waals surface area contributed by atoms with Crippen LogP contribution in [0.5, 0.6) is 0 Å². The van der Waals surface area contributed by atoms with E-state index in [9.17, 15) is 70.6 Å². The molecular formula is C25H41NO20. The molecular weight excluding hydrogens is 634 g/mol. The predicted molar refractivity (Wildman–Crippen MR) is 140 cm³/mol. The lowest BCUT2D eigenvalue weighted by Crippen LogP contribution is -2.71. The van der Waals surface area contributed by atoms with Crippen LogP contribution in [-0.4, -0.2) is 191 Å². The molecule has 3 heterocycles. The van der Waals surface area contributed by atoms with Crippen LogP contribution in [0.25, 0.3) is 0 Å². The molecule has 1 amide bonds. The van der Waals surface area contributed by atoms with Crippen LogP contribution in [0, 0.1) is 0 Å². The Morgan fingerprint density at radius 3 is 2.11 bits per heavy atom. The Bertz CT molecular complexity index is 1050. The number of carboxylic acid groups (broad SMARTS) is 1. The summed E-state index contributed by atoms with van der Waals surface area (Å²) in [5, 5.41) is 116. The summed E-state index contributed by atoms with van der Waals surface area (Å²) in [4.78, 5) is 36.0. The molecule has 266 valence electrons. The molecule has 0 saturated carbocycles. The van der Waals surface area contributed by atoms with Gasteiger partial charge in [0.15, 0.2) is 12.6 Å². The summed E-state index contributed by atoms with van der Waals surface area (Å²) in [7, 11) is 0. The number of carboxylic acids is 1. The van der Waals surface area contributed by atoms with Gasteiger partial charge in [0.1, 0.15) is 73.8 Å². The van der Waals surface area contributed by atoms with E-state index in [4.69, 9.17) is 28.4 Å².